The SMILES string of the molecule is CCC1(CC)C(=O)Nc2cc(C#Cc3nccc4cnc(Nc5ccc(SC)cc5OC)cc34)ccc21. The predicted molar refractivity (Wildman–Crippen MR) is 151 cm³/mol. The summed E-state index contributed by atoms with van der Waals surface area (Å²) in [6.45, 7) is 4.12. The van der Waals surface area contributed by atoms with Gasteiger partial charge in [-0.15, -0.1) is 11.8 Å². The zero-order valence-corrected chi connectivity index (χ0v) is 22.1. The molecule has 0 saturated carbocycles. The number of hydrogen-bond acceptors (Lipinski definition) is 6. The maximum absolute atomic E-state index is 12.7. The molecule has 0 radical (unpaired) electrons. The maximum Gasteiger partial charge on any atom is 0.235 e. The maximum atomic E-state index is 12.7. The van der Waals surface area contributed by atoms with Crippen LogP contribution in [0.25, 0.3) is 10.8 Å². The van der Waals surface area contributed by atoms with Crippen molar-refractivity contribution in [2.45, 2.75) is 37.0 Å². The Morgan fingerprint density at radius 1 is 1.05 bits per heavy atom. The van der Waals surface area contributed by atoms with Gasteiger partial charge in [0.1, 0.15) is 17.3 Å². The van der Waals surface area contributed by atoms with Crippen LogP contribution in [0.3, 0.4) is 0 Å². The minimum absolute atomic E-state index is 0.0700. The third-order valence-electron chi connectivity index (χ3n) is 7.07. The smallest absolute Gasteiger partial charge is 0.235 e. The van der Waals surface area contributed by atoms with Crippen LogP contribution in [-0.4, -0.2) is 29.2 Å². The standard InChI is InChI=1S/C30H28N4O2S/c1-5-30(6-2)23-10-7-19(15-26(23)34-29(30)35)8-11-24-22-17-28(32-18-20(22)13-14-31-24)33-25-12-9-21(37-4)16-27(25)36-3/h7,9-10,12-18H,5-6H2,1-4H3,(H,32,33)(H,34,35). The van der Waals surface area contributed by atoms with E-state index < -0.39 is 5.41 Å². The van der Waals surface area contributed by atoms with Gasteiger partial charge < -0.3 is 15.4 Å². The van der Waals surface area contributed by atoms with Crippen LogP contribution < -0.4 is 15.4 Å². The number of aromatic nitrogens is 2. The first-order chi connectivity index (χ1) is 18.0. The number of amides is 1. The number of ether oxygens (including phenoxy) is 1. The number of carbonyl (C=O) groups is 1. The van der Waals surface area contributed by atoms with Gasteiger partial charge in [-0.05, 0) is 73.0 Å². The van der Waals surface area contributed by atoms with Crippen molar-refractivity contribution in [2.75, 3.05) is 24.0 Å². The third-order valence-corrected chi connectivity index (χ3v) is 7.79. The fraction of sp³-hybridized carbons (Fsp3) is 0.233. The first-order valence-electron chi connectivity index (χ1n) is 12.2. The highest BCUT2D eigenvalue weighted by atomic mass is 32.2. The quantitative estimate of drug-likeness (QED) is 0.228. The third kappa shape index (κ3) is 4.49. The molecule has 0 atom stereocenters. The van der Waals surface area contributed by atoms with E-state index in [1.54, 1.807) is 25.1 Å². The molecule has 3 heterocycles. The molecule has 7 heteroatoms. The number of methoxy groups -OCH3 is 1. The number of thioether (sulfide) groups is 1. The van der Waals surface area contributed by atoms with Crippen LogP contribution >= 0.6 is 11.8 Å². The molecule has 0 saturated heterocycles. The van der Waals surface area contributed by atoms with Crippen LogP contribution in [0.1, 0.15) is 43.5 Å². The fourth-order valence-corrected chi connectivity index (χ4v) is 5.29. The van der Waals surface area contributed by atoms with Gasteiger partial charge in [-0.25, -0.2) is 9.97 Å². The fourth-order valence-electron chi connectivity index (χ4n) is 4.86. The normalized spacial score (nSPS) is 13.5. The second-order valence-corrected chi connectivity index (χ2v) is 9.77. The minimum atomic E-state index is -0.451. The summed E-state index contributed by atoms with van der Waals surface area (Å²) in [6, 6.07) is 15.9. The van der Waals surface area contributed by atoms with Crippen LogP contribution in [0, 0.1) is 11.8 Å². The van der Waals surface area contributed by atoms with E-state index in [-0.39, 0.29) is 5.91 Å². The molecule has 1 aliphatic heterocycles. The Morgan fingerprint density at radius 2 is 1.89 bits per heavy atom. The summed E-state index contributed by atoms with van der Waals surface area (Å²) in [4.78, 5) is 22.9. The van der Waals surface area contributed by atoms with Crippen LogP contribution in [0.15, 0.2) is 65.8 Å². The van der Waals surface area contributed by atoms with Crippen molar-refractivity contribution in [3.63, 3.8) is 0 Å². The van der Waals surface area contributed by atoms with Gasteiger partial charge >= 0.3 is 0 Å². The zero-order chi connectivity index (χ0) is 26.0. The van der Waals surface area contributed by atoms with Crippen molar-refractivity contribution in [1.29, 1.82) is 0 Å². The van der Waals surface area contributed by atoms with E-state index >= 15 is 0 Å². The number of rotatable bonds is 6. The van der Waals surface area contributed by atoms with Crippen LogP contribution in [-0.2, 0) is 10.2 Å². The summed E-state index contributed by atoms with van der Waals surface area (Å²) in [6.07, 6.45) is 7.12. The molecule has 37 heavy (non-hydrogen) atoms. The number of anilines is 3. The van der Waals surface area contributed by atoms with Gasteiger partial charge in [0, 0.05) is 39.3 Å². The first-order valence-corrected chi connectivity index (χ1v) is 13.5. The lowest BCUT2D eigenvalue weighted by Gasteiger charge is -2.23. The lowest BCUT2D eigenvalue weighted by atomic mass is 9.77. The van der Waals surface area contributed by atoms with E-state index in [9.17, 15) is 4.79 Å². The Kier molecular flexibility index (Phi) is 6.77. The lowest BCUT2D eigenvalue weighted by Crippen LogP contribution is -2.32. The van der Waals surface area contributed by atoms with Gasteiger partial charge in [0.25, 0.3) is 0 Å². The van der Waals surface area contributed by atoms with Crippen LogP contribution in [0.4, 0.5) is 17.2 Å². The molecule has 0 unspecified atom stereocenters. The molecule has 0 aliphatic carbocycles. The monoisotopic (exact) mass is 508 g/mol. The average Bonchev–Trinajstić information content (AvgIpc) is 3.22. The molecule has 4 aromatic rings. The lowest BCUT2D eigenvalue weighted by molar-refractivity contribution is -0.121. The van der Waals surface area contributed by atoms with Crippen LogP contribution in [0.2, 0.25) is 0 Å². The molecule has 2 aromatic carbocycles. The minimum Gasteiger partial charge on any atom is -0.495 e. The molecule has 186 valence electrons. The number of nitrogens with zero attached hydrogens (tertiary/aromatic N) is 2. The van der Waals surface area contributed by atoms with E-state index in [2.05, 4.69) is 46.3 Å². The average molecular weight is 509 g/mol. The Bertz CT molecular complexity index is 1570. The highest BCUT2D eigenvalue weighted by Gasteiger charge is 2.43. The summed E-state index contributed by atoms with van der Waals surface area (Å²) in [7, 11) is 1.66. The highest BCUT2D eigenvalue weighted by Crippen LogP contribution is 2.43. The number of nitrogens with one attached hydrogen (secondary N) is 2. The van der Waals surface area contributed by atoms with E-state index in [4.69, 9.17) is 4.74 Å². The summed E-state index contributed by atoms with van der Waals surface area (Å²) in [5, 5.41) is 8.26. The number of carbonyl (C=O) groups excluding carboxylic acids is 1. The Balaban J connectivity index is 1.47. The summed E-state index contributed by atoms with van der Waals surface area (Å²) in [5.41, 5.74) is 3.77. The topological polar surface area (TPSA) is 76.1 Å². The number of pyridine rings is 2. The Morgan fingerprint density at radius 3 is 2.65 bits per heavy atom. The van der Waals surface area contributed by atoms with E-state index in [1.807, 2.05) is 61.0 Å². The zero-order valence-electron chi connectivity index (χ0n) is 21.3. The van der Waals surface area contributed by atoms with Gasteiger partial charge in [-0.3, -0.25) is 4.79 Å². The van der Waals surface area contributed by atoms with Crippen molar-refractivity contribution >= 4 is 45.6 Å². The number of fused-ring (bicyclic) bond motifs is 2. The molecule has 0 fully saturated rings. The molecule has 1 aliphatic rings. The van der Waals surface area contributed by atoms with Crippen molar-refractivity contribution in [3.8, 4) is 17.6 Å². The molecule has 2 N–H and O–H groups in total. The van der Waals surface area contributed by atoms with Crippen molar-refractivity contribution in [3.05, 3.63) is 77.7 Å². The molecule has 5 rings (SSSR count). The molecule has 2 aromatic heterocycles. The highest BCUT2D eigenvalue weighted by molar-refractivity contribution is 7.98. The van der Waals surface area contributed by atoms with Crippen molar-refractivity contribution in [2.24, 2.45) is 0 Å². The van der Waals surface area contributed by atoms with E-state index in [0.717, 1.165) is 56.8 Å². The second kappa shape index (κ2) is 10.2. The molecule has 0 spiro atoms. The van der Waals surface area contributed by atoms with Gasteiger partial charge in [-0.2, -0.15) is 0 Å². The molecule has 1 amide bonds. The molecular weight excluding hydrogens is 480 g/mol. The molecular formula is C30H28N4O2S. The van der Waals surface area contributed by atoms with Gasteiger partial charge in [0.2, 0.25) is 5.91 Å². The first kappa shape index (κ1) is 24.7. The van der Waals surface area contributed by atoms with Crippen molar-refractivity contribution < 1.29 is 9.53 Å². The van der Waals surface area contributed by atoms with Gasteiger partial charge in [-0.1, -0.05) is 25.8 Å². The Labute approximate surface area is 221 Å². The van der Waals surface area contributed by atoms with E-state index in [1.165, 1.54) is 0 Å². The van der Waals surface area contributed by atoms with Crippen LogP contribution in [0.5, 0.6) is 5.75 Å². The molecule has 0 bridgehead atoms. The number of hydrogen-bond donors (Lipinski definition) is 2. The second-order valence-electron chi connectivity index (χ2n) is 8.90. The van der Waals surface area contributed by atoms with Crippen molar-refractivity contribution in [1.82, 2.24) is 9.97 Å². The largest absolute Gasteiger partial charge is 0.495 e. The van der Waals surface area contributed by atoms with E-state index in [0.29, 0.717) is 11.5 Å². The summed E-state index contributed by atoms with van der Waals surface area (Å²) >= 11 is 1.66. The molecule has 6 nitrogen and oxygen atoms in total. The Hall–Kier alpha value is -4.02. The summed E-state index contributed by atoms with van der Waals surface area (Å²) < 4.78 is 5.56. The van der Waals surface area contributed by atoms with Gasteiger partial charge in [0.05, 0.1) is 18.2 Å². The number of benzene rings is 2. The van der Waals surface area contributed by atoms with Gasteiger partial charge in [0.15, 0.2) is 0 Å². The predicted octanol–water partition coefficient (Wildman–Crippen LogP) is 6.51. The summed E-state index contributed by atoms with van der Waals surface area (Å²) in [5.74, 6) is 7.96.